The molecule has 170 valence electrons. The molecule has 1 spiro atoms. The molecule has 2 aliphatic rings. The number of nitrogens with zero attached hydrogens (tertiary/aromatic N) is 4. The van der Waals surface area contributed by atoms with Crippen LogP contribution in [0.1, 0.15) is 41.5 Å². The Hall–Kier alpha value is -3.28. The van der Waals surface area contributed by atoms with E-state index in [2.05, 4.69) is 20.3 Å². The number of amides is 1. The van der Waals surface area contributed by atoms with Gasteiger partial charge in [-0.2, -0.15) is 0 Å². The van der Waals surface area contributed by atoms with Crippen LogP contribution in [0.3, 0.4) is 0 Å². The van der Waals surface area contributed by atoms with Gasteiger partial charge in [-0.15, -0.1) is 0 Å². The summed E-state index contributed by atoms with van der Waals surface area (Å²) in [5.41, 5.74) is 5.14. The molecule has 1 aromatic heterocycles. The highest BCUT2D eigenvalue weighted by atomic mass is 32.2. The van der Waals surface area contributed by atoms with Gasteiger partial charge < -0.3 is 15.8 Å². The number of nitrogens with two attached hydrogens (primary N) is 1. The first-order chi connectivity index (χ1) is 15.0. The molecule has 1 fully saturated rings. The minimum atomic E-state index is -3.85. The molecule has 0 radical (unpaired) electrons. The minimum Gasteiger partial charge on any atom is -0.480 e. The van der Waals surface area contributed by atoms with Crippen LogP contribution >= 0.6 is 0 Å². The standard InChI is InChI=1S/C20H23FN6O4S/c1-11-16(23-10-15(24-11)31-4)17(28)25-12-5-6-14(21)13(9-12)19(2)20(7-8-20)32(29,30)27(3)18(22)26-19/h5-6,9-10H,7-8H2,1-4H3,(H2,22,26)(H,25,28). The Kier molecular flexibility index (Phi) is 4.88. The second-order valence-corrected chi connectivity index (χ2v) is 10.3. The van der Waals surface area contributed by atoms with Crippen molar-refractivity contribution in [2.45, 2.75) is 37.0 Å². The maximum Gasteiger partial charge on any atom is 0.276 e. The van der Waals surface area contributed by atoms with Gasteiger partial charge in [0, 0.05) is 18.3 Å². The van der Waals surface area contributed by atoms with E-state index in [4.69, 9.17) is 10.5 Å². The van der Waals surface area contributed by atoms with E-state index in [1.165, 1.54) is 32.5 Å². The third kappa shape index (κ3) is 3.00. The van der Waals surface area contributed by atoms with Gasteiger partial charge in [-0.05, 0) is 44.9 Å². The fraction of sp³-hybridized carbons (Fsp3) is 0.400. The van der Waals surface area contributed by atoms with Crippen molar-refractivity contribution >= 4 is 27.6 Å². The Labute approximate surface area is 184 Å². The van der Waals surface area contributed by atoms with Crippen molar-refractivity contribution in [1.82, 2.24) is 14.3 Å². The molecule has 3 N–H and O–H groups in total. The number of anilines is 1. The third-order valence-corrected chi connectivity index (χ3v) is 8.91. The van der Waals surface area contributed by atoms with Crippen molar-refractivity contribution < 1.29 is 22.3 Å². The number of guanidine groups is 1. The summed E-state index contributed by atoms with van der Waals surface area (Å²) in [5, 5.41) is 2.66. The van der Waals surface area contributed by atoms with Crippen molar-refractivity contribution in [1.29, 1.82) is 0 Å². The molecule has 1 amide bonds. The van der Waals surface area contributed by atoms with E-state index < -0.39 is 32.0 Å². The Morgan fingerprint density at radius 2 is 2.03 bits per heavy atom. The Bertz CT molecular complexity index is 1260. The van der Waals surface area contributed by atoms with Crippen LogP contribution < -0.4 is 15.8 Å². The van der Waals surface area contributed by atoms with Crippen molar-refractivity contribution in [2.75, 3.05) is 19.5 Å². The molecular formula is C20H23FN6O4S. The highest BCUT2D eigenvalue weighted by Crippen LogP contribution is 2.60. The molecule has 0 saturated heterocycles. The minimum absolute atomic E-state index is 0.0324. The van der Waals surface area contributed by atoms with E-state index in [1.54, 1.807) is 13.8 Å². The number of aliphatic imine (C=N–C) groups is 1. The zero-order chi connectivity index (χ0) is 23.5. The number of ether oxygens (including phenoxy) is 1. The zero-order valence-electron chi connectivity index (χ0n) is 18.0. The van der Waals surface area contributed by atoms with Crippen LogP contribution in [0.5, 0.6) is 5.88 Å². The maximum absolute atomic E-state index is 15.0. The third-order valence-electron chi connectivity index (χ3n) is 6.20. The molecule has 32 heavy (non-hydrogen) atoms. The summed E-state index contributed by atoms with van der Waals surface area (Å²) >= 11 is 0. The van der Waals surface area contributed by atoms with Gasteiger partial charge in [0.1, 0.15) is 21.8 Å². The molecule has 1 aliphatic heterocycles. The van der Waals surface area contributed by atoms with Crippen LogP contribution in [0, 0.1) is 12.7 Å². The number of nitrogens with one attached hydrogen (secondary N) is 1. The number of aromatic nitrogens is 2. The van der Waals surface area contributed by atoms with Crippen LogP contribution in [0.25, 0.3) is 0 Å². The van der Waals surface area contributed by atoms with Gasteiger partial charge in [-0.25, -0.2) is 32.1 Å². The number of hydrogen-bond acceptors (Lipinski definition) is 8. The number of methoxy groups -OCH3 is 1. The van der Waals surface area contributed by atoms with Crippen LogP contribution in [0.2, 0.25) is 0 Å². The van der Waals surface area contributed by atoms with E-state index in [0.29, 0.717) is 18.5 Å². The lowest BCUT2D eigenvalue weighted by molar-refractivity contribution is 0.102. The number of benzene rings is 1. The molecular weight excluding hydrogens is 439 g/mol. The predicted molar refractivity (Wildman–Crippen MR) is 115 cm³/mol. The van der Waals surface area contributed by atoms with Crippen LogP contribution in [0.15, 0.2) is 29.4 Å². The average molecular weight is 463 g/mol. The second kappa shape index (κ2) is 7.12. The van der Waals surface area contributed by atoms with E-state index in [1.807, 2.05) is 0 Å². The maximum atomic E-state index is 15.0. The molecule has 2 heterocycles. The van der Waals surface area contributed by atoms with Crippen molar-refractivity contribution in [3.05, 3.63) is 47.2 Å². The molecule has 1 saturated carbocycles. The van der Waals surface area contributed by atoms with Crippen LogP contribution in [0.4, 0.5) is 10.1 Å². The number of sulfonamides is 1. The lowest BCUT2D eigenvalue weighted by atomic mass is 9.86. The Morgan fingerprint density at radius 3 is 2.62 bits per heavy atom. The molecule has 4 rings (SSSR count). The van der Waals surface area contributed by atoms with E-state index in [0.717, 1.165) is 10.4 Å². The molecule has 12 heteroatoms. The molecule has 1 aromatic carbocycles. The van der Waals surface area contributed by atoms with E-state index in [9.17, 15) is 17.6 Å². The molecule has 1 unspecified atom stereocenters. The van der Waals surface area contributed by atoms with Crippen LogP contribution in [-0.4, -0.2) is 53.5 Å². The number of carbonyl (C=O) groups is 1. The summed E-state index contributed by atoms with van der Waals surface area (Å²) in [6, 6.07) is 3.93. The number of carbonyl (C=O) groups excluding carboxylic acids is 1. The normalized spacial score (nSPS) is 22.9. The summed E-state index contributed by atoms with van der Waals surface area (Å²) in [4.78, 5) is 25.3. The quantitative estimate of drug-likeness (QED) is 0.702. The first kappa shape index (κ1) is 21.9. The van der Waals surface area contributed by atoms with Gasteiger partial charge in [0.05, 0.1) is 19.0 Å². The Morgan fingerprint density at radius 1 is 1.34 bits per heavy atom. The van der Waals surface area contributed by atoms with Crippen molar-refractivity contribution in [3.63, 3.8) is 0 Å². The first-order valence-electron chi connectivity index (χ1n) is 9.80. The SMILES string of the molecule is COc1cnc(C(=O)Nc2ccc(F)c(C3(C)N=C(N)N(C)S(=O)(=O)C34CC4)c2)c(C)n1. The molecule has 2 aromatic rings. The summed E-state index contributed by atoms with van der Waals surface area (Å²) in [5.74, 6) is -1.15. The Balaban J connectivity index is 1.73. The highest BCUT2D eigenvalue weighted by molar-refractivity contribution is 7.91. The van der Waals surface area contributed by atoms with Gasteiger partial charge >= 0.3 is 0 Å². The van der Waals surface area contributed by atoms with Gasteiger partial charge in [-0.1, -0.05) is 0 Å². The lowest BCUT2D eigenvalue weighted by Crippen LogP contribution is -2.58. The average Bonchev–Trinajstić information content (AvgIpc) is 3.56. The smallest absolute Gasteiger partial charge is 0.276 e. The van der Waals surface area contributed by atoms with Gasteiger partial charge in [-0.3, -0.25) is 4.79 Å². The molecule has 1 atom stereocenters. The predicted octanol–water partition coefficient (Wildman–Crippen LogP) is 1.52. The molecule has 1 aliphatic carbocycles. The fourth-order valence-corrected chi connectivity index (χ4v) is 6.24. The fourth-order valence-electron chi connectivity index (χ4n) is 4.15. The number of aryl methyl sites for hydroxylation is 1. The molecule has 10 nitrogen and oxygen atoms in total. The van der Waals surface area contributed by atoms with Gasteiger partial charge in [0.25, 0.3) is 5.91 Å². The zero-order valence-corrected chi connectivity index (χ0v) is 18.8. The van der Waals surface area contributed by atoms with E-state index in [-0.39, 0.29) is 28.8 Å². The summed E-state index contributed by atoms with van der Waals surface area (Å²) < 4.78 is 45.8. The highest BCUT2D eigenvalue weighted by Gasteiger charge is 2.70. The van der Waals surface area contributed by atoms with Crippen LogP contribution in [-0.2, 0) is 15.6 Å². The van der Waals surface area contributed by atoms with Crippen molar-refractivity contribution in [2.24, 2.45) is 10.7 Å². The van der Waals surface area contributed by atoms with E-state index >= 15 is 0 Å². The summed E-state index contributed by atoms with van der Waals surface area (Å²) in [6.07, 6.45) is 1.96. The van der Waals surface area contributed by atoms with Crippen molar-refractivity contribution in [3.8, 4) is 5.88 Å². The largest absolute Gasteiger partial charge is 0.480 e. The summed E-state index contributed by atoms with van der Waals surface area (Å²) in [6.45, 7) is 3.17. The lowest BCUT2D eigenvalue weighted by Gasteiger charge is -2.42. The monoisotopic (exact) mass is 462 g/mol. The van der Waals surface area contributed by atoms with Gasteiger partial charge in [0.2, 0.25) is 21.9 Å². The topological polar surface area (TPSA) is 140 Å². The number of rotatable bonds is 4. The molecule has 0 bridgehead atoms. The van der Waals surface area contributed by atoms with Gasteiger partial charge in [0.15, 0.2) is 0 Å². The number of halogens is 1. The second-order valence-electron chi connectivity index (χ2n) is 8.00. The summed E-state index contributed by atoms with van der Waals surface area (Å²) in [7, 11) is -1.08. The number of hydrogen-bond donors (Lipinski definition) is 2. The first-order valence-corrected chi connectivity index (χ1v) is 11.2.